The van der Waals surface area contributed by atoms with Crippen molar-refractivity contribution in [1.82, 2.24) is 5.32 Å². The van der Waals surface area contributed by atoms with Gasteiger partial charge in [-0.2, -0.15) is 0 Å². The molecule has 0 saturated heterocycles. The molecule has 7 heteroatoms. The number of hydrogen-bond acceptors (Lipinski definition) is 3. The third-order valence-electron chi connectivity index (χ3n) is 3.17. The maximum atomic E-state index is 13.7. The summed E-state index contributed by atoms with van der Waals surface area (Å²) in [5.41, 5.74) is 0.160. The lowest BCUT2D eigenvalue weighted by Crippen LogP contribution is -2.27. The van der Waals surface area contributed by atoms with E-state index < -0.39 is 25.7 Å². The summed E-state index contributed by atoms with van der Waals surface area (Å²) in [4.78, 5) is 11.2. The first kappa shape index (κ1) is 14.3. The average Bonchev–Trinajstić information content (AvgIpc) is 2.96. The second-order valence-corrected chi connectivity index (χ2v) is 7.37. The summed E-state index contributed by atoms with van der Waals surface area (Å²) in [6, 6.07) is 2.38. The van der Waals surface area contributed by atoms with E-state index in [9.17, 15) is 17.6 Å². The molecular formula is C12H13ClFNO3S. The first-order chi connectivity index (χ1) is 8.70. The Morgan fingerprint density at radius 1 is 1.47 bits per heavy atom. The topological polar surface area (TPSA) is 63.2 Å². The van der Waals surface area contributed by atoms with Gasteiger partial charge in [0, 0.05) is 22.3 Å². The van der Waals surface area contributed by atoms with Crippen LogP contribution in [0.4, 0.5) is 4.39 Å². The van der Waals surface area contributed by atoms with E-state index in [1.165, 1.54) is 13.0 Å². The van der Waals surface area contributed by atoms with Crippen LogP contribution in [-0.4, -0.2) is 20.4 Å². The Bertz CT molecular complexity index is 645. The quantitative estimate of drug-likeness (QED) is 0.871. The van der Waals surface area contributed by atoms with Gasteiger partial charge in [-0.3, -0.25) is 4.79 Å². The van der Waals surface area contributed by atoms with Gasteiger partial charge in [0.05, 0.1) is 0 Å². The molecule has 1 aliphatic carbocycles. The molecule has 1 aromatic rings. The van der Waals surface area contributed by atoms with E-state index in [2.05, 4.69) is 5.32 Å². The average molecular weight is 306 g/mol. The molecule has 4 nitrogen and oxygen atoms in total. The summed E-state index contributed by atoms with van der Waals surface area (Å²) in [5, 5.41) is 2.75. The number of nitrogens with one attached hydrogen (secondary N) is 1. The van der Waals surface area contributed by atoms with Crippen molar-refractivity contribution in [2.24, 2.45) is 5.92 Å². The van der Waals surface area contributed by atoms with Crippen LogP contribution in [0.25, 0.3) is 0 Å². The molecule has 1 N–H and O–H groups in total. The standard InChI is InChI=1S/C12H13ClFNO3S/c1-6-4-9(6)15-12(16)8-3-7(2)11(14)10(5-8)19(13,17)18/h3,5-6,9H,4H2,1-2H3,(H,15,16). The molecule has 2 rings (SSSR count). The minimum atomic E-state index is -4.22. The smallest absolute Gasteiger partial charge is 0.264 e. The van der Waals surface area contributed by atoms with Crippen molar-refractivity contribution in [3.63, 3.8) is 0 Å². The monoisotopic (exact) mass is 305 g/mol. The maximum Gasteiger partial charge on any atom is 0.264 e. The Morgan fingerprint density at radius 2 is 2.05 bits per heavy atom. The van der Waals surface area contributed by atoms with E-state index in [4.69, 9.17) is 10.7 Å². The first-order valence-corrected chi connectivity index (χ1v) is 8.06. The van der Waals surface area contributed by atoms with Gasteiger partial charge in [-0.05, 0) is 37.0 Å². The molecule has 104 valence electrons. The fourth-order valence-corrected chi connectivity index (χ4v) is 2.80. The molecule has 2 unspecified atom stereocenters. The van der Waals surface area contributed by atoms with E-state index in [0.29, 0.717) is 5.92 Å². The van der Waals surface area contributed by atoms with Gasteiger partial charge in [-0.15, -0.1) is 0 Å². The molecule has 1 fully saturated rings. The number of rotatable bonds is 3. The number of aryl methyl sites for hydroxylation is 1. The van der Waals surface area contributed by atoms with E-state index in [1.807, 2.05) is 6.92 Å². The number of amides is 1. The van der Waals surface area contributed by atoms with Crippen LogP contribution < -0.4 is 5.32 Å². The van der Waals surface area contributed by atoms with Gasteiger partial charge in [-0.25, -0.2) is 12.8 Å². The second-order valence-electron chi connectivity index (χ2n) is 4.84. The van der Waals surface area contributed by atoms with Crippen molar-refractivity contribution in [3.8, 4) is 0 Å². The van der Waals surface area contributed by atoms with Crippen LogP contribution in [-0.2, 0) is 9.05 Å². The van der Waals surface area contributed by atoms with Crippen LogP contribution >= 0.6 is 10.7 Å². The molecular weight excluding hydrogens is 293 g/mol. The highest BCUT2D eigenvalue weighted by atomic mass is 35.7. The molecule has 19 heavy (non-hydrogen) atoms. The molecule has 1 saturated carbocycles. The lowest BCUT2D eigenvalue weighted by Gasteiger charge is -2.08. The Labute approximate surface area is 115 Å². The van der Waals surface area contributed by atoms with Gasteiger partial charge in [0.1, 0.15) is 10.7 Å². The summed E-state index contributed by atoms with van der Waals surface area (Å²) >= 11 is 0. The second kappa shape index (κ2) is 4.76. The van der Waals surface area contributed by atoms with Gasteiger partial charge in [0.15, 0.2) is 0 Å². The number of carbonyl (C=O) groups excluding carboxylic acids is 1. The highest BCUT2D eigenvalue weighted by Crippen LogP contribution is 2.30. The SMILES string of the molecule is Cc1cc(C(=O)NC2CC2C)cc(S(=O)(=O)Cl)c1F. The van der Waals surface area contributed by atoms with Gasteiger partial charge in [0.2, 0.25) is 0 Å². The predicted octanol–water partition coefficient (Wildman–Crippen LogP) is 2.20. The molecule has 1 amide bonds. The molecule has 1 aromatic carbocycles. The van der Waals surface area contributed by atoms with Gasteiger partial charge >= 0.3 is 0 Å². The highest BCUT2D eigenvalue weighted by Gasteiger charge is 2.34. The molecule has 0 radical (unpaired) electrons. The van der Waals surface area contributed by atoms with Crippen molar-refractivity contribution >= 4 is 25.6 Å². The number of benzene rings is 1. The zero-order valence-electron chi connectivity index (χ0n) is 10.4. The minimum Gasteiger partial charge on any atom is -0.349 e. The predicted molar refractivity (Wildman–Crippen MR) is 69.2 cm³/mol. The van der Waals surface area contributed by atoms with Crippen LogP contribution in [0.3, 0.4) is 0 Å². The van der Waals surface area contributed by atoms with Crippen molar-refractivity contribution < 1.29 is 17.6 Å². The molecule has 0 aromatic heterocycles. The van der Waals surface area contributed by atoms with Crippen molar-refractivity contribution in [1.29, 1.82) is 0 Å². The number of carbonyl (C=O) groups is 1. The fourth-order valence-electron chi connectivity index (χ4n) is 1.82. The molecule has 2 atom stereocenters. The molecule has 0 heterocycles. The molecule has 0 spiro atoms. The van der Waals surface area contributed by atoms with Crippen molar-refractivity contribution in [2.45, 2.75) is 31.2 Å². The summed E-state index contributed by atoms with van der Waals surface area (Å²) in [6.07, 6.45) is 0.895. The van der Waals surface area contributed by atoms with E-state index >= 15 is 0 Å². The Kier molecular flexibility index (Phi) is 3.57. The van der Waals surface area contributed by atoms with Crippen LogP contribution in [0.15, 0.2) is 17.0 Å². The summed E-state index contributed by atoms with van der Waals surface area (Å²) in [7, 11) is 0.936. The lowest BCUT2D eigenvalue weighted by molar-refractivity contribution is 0.0949. The summed E-state index contributed by atoms with van der Waals surface area (Å²) in [5.74, 6) is -0.924. The Balaban J connectivity index is 2.36. The fraction of sp³-hybridized carbons (Fsp3) is 0.417. The third-order valence-corrected chi connectivity index (χ3v) is 4.49. The largest absolute Gasteiger partial charge is 0.349 e. The maximum absolute atomic E-state index is 13.7. The minimum absolute atomic E-state index is 0.0655. The highest BCUT2D eigenvalue weighted by molar-refractivity contribution is 8.13. The summed E-state index contributed by atoms with van der Waals surface area (Å²) in [6.45, 7) is 3.38. The van der Waals surface area contributed by atoms with Gasteiger partial charge < -0.3 is 5.32 Å². The van der Waals surface area contributed by atoms with E-state index in [-0.39, 0.29) is 17.2 Å². The summed E-state index contributed by atoms with van der Waals surface area (Å²) < 4.78 is 36.2. The number of halogens is 2. The molecule has 0 aliphatic heterocycles. The van der Waals surface area contributed by atoms with E-state index in [0.717, 1.165) is 12.5 Å². The van der Waals surface area contributed by atoms with E-state index in [1.54, 1.807) is 0 Å². The van der Waals surface area contributed by atoms with Crippen LogP contribution in [0.2, 0.25) is 0 Å². The van der Waals surface area contributed by atoms with Crippen LogP contribution in [0.5, 0.6) is 0 Å². The van der Waals surface area contributed by atoms with Crippen molar-refractivity contribution in [3.05, 3.63) is 29.1 Å². The molecule has 1 aliphatic rings. The Hall–Kier alpha value is -1.14. The zero-order chi connectivity index (χ0) is 14.4. The van der Waals surface area contributed by atoms with Crippen LogP contribution in [0, 0.1) is 18.7 Å². The van der Waals surface area contributed by atoms with Gasteiger partial charge in [-0.1, -0.05) is 6.92 Å². The Morgan fingerprint density at radius 3 is 2.53 bits per heavy atom. The normalized spacial score (nSPS) is 22.1. The van der Waals surface area contributed by atoms with Crippen molar-refractivity contribution in [2.75, 3.05) is 0 Å². The third kappa shape index (κ3) is 3.06. The van der Waals surface area contributed by atoms with Gasteiger partial charge in [0.25, 0.3) is 15.0 Å². The molecule has 0 bridgehead atoms. The van der Waals surface area contributed by atoms with Crippen LogP contribution in [0.1, 0.15) is 29.3 Å². The number of hydrogen-bond donors (Lipinski definition) is 1. The zero-order valence-corrected chi connectivity index (χ0v) is 12.0. The lowest BCUT2D eigenvalue weighted by atomic mass is 10.1. The first-order valence-electron chi connectivity index (χ1n) is 5.76.